The van der Waals surface area contributed by atoms with E-state index in [-0.39, 0.29) is 27.8 Å². The molecule has 3 fully saturated rings. The van der Waals surface area contributed by atoms with Crippen molar-refractivity contribution in [2.75, 3.05) is 0 Å². The molecule has 4 aliphatic carbocycles. The van der Waals surface area contributed by atoms with Crippen molar-refractivity contribution in [3.63, 3.8) is 0 Å². The average molecular weight is 443 g/mol. The van der Waals surface area contributed by atoms with E-state index >= 15 is 0 Å². The van der Waals surface area contributed by atoms with Crippen molar-refractivity contribution >= 4 is 6.29 Å². The molecule has 4 rings (SSSR count). The van der Waals surface area contributed by atoms with Crippen LogP contribution in [0.4, 0.5) is 0 Å². The third-order valence-corrected chi connectivity index (χ3v) is 11.7. The fourth-order valence-corrected chi connectivity index (χ4v) is 9.65. The van der Waals surface area contributed by atoms with Gasteiger partial charge in [-0.15, -0.1) is 0 Å². The van der Waals surface area contributed by atoms with E-state index in [1.165, 1.54) is 50.4 Å². The van der Waals surface area contributed by atoms with Gasteiger partial charge in [-0.25, -0.2) is 0 Å². The van der Waals surface area contributed by atoms with Crippen molar-refractivity contribution in [2.45, 2.75) is 119 Å². The Morgan fingerprint density at radius 1 is 1.03 bits per heavy atom. The smallest absolute Gasteiger partial charge is 0.130 e. The summed E-state index contributed by atoms with van der Waals surface area (Å²) < 4.78 is 0. The van der Waals surface area contributed by atoms with Crippen molar-refractivity contribution in [3.05, 3.63) is 11.6 Å². The van der Waals surface area contributed by atoms with Gasteiger partial charge in [-0.05, 0) is 90.8 Å². The summed E-state index contributed by atoms with van der Waals surface area (Å²) in [6.45, 7) is 16.7. The topological polar surface area (TPSA) is 37.3 Å². The molecule has 182 valence electrons. The molecule has 0 bridgehead atoms. The molecule has 1 N–H and O–H groups in total. The van der Waals surface area contributed by atoms with Crippen LogP contribution in [0.5, 0.6) is 0 Å². The first-order valence-corrected chi connectivity index (χ1v) is 13.8. The Balaban J connectivity index is 1.65. The van der Waals surface area contributed by atoms with Crippen molar-refractivity contribution in [3.8, 4) is 0 Å². The fourth-order valence-electron chi connectivity index (χ4n) is 9.65. The SMILES string of the molecule is CC(C)CCC[C@@H](C)[C@H]1CC[C@@]2(C=O)C3=CCC4C(C)(C)[C@@H](O)CC[C@@]4(C)[C@H]3CC[C@]12C. The molecule has 32 heavy (non-hydrogen) atoms. The molecule has 0 heterocycles. The molecular weight excluding hydrogens is 392 g/mol. The summed E-state index contributed by atoms with van der Waals surface area (Å²) in [5, 5.41) is 10.8. The first-order chi connectivity index (χ1) is 14.9. The first-order valence-electron chi connectivity index (χ1n) is 13.8. The third kappa shape index (κ3) is 3.32. The van der Waals surface area contributed by atoms with E-state index in [0.717, 1.165) is 31.6 Å². The van der Waals surface area contributed by atoms with Gasteiger partial charge in [-0.3, -0.25) is 0 Å². The molecular formula is C30H50O2. The van der Waals surface area contributed by atoms with Gasteiger partial charge >= 0.3 is 0 Å². The standard InChI is InChI=1S/C30H50O2/c1-20(2)9-8-10-21(3)22-14-18-30(19-31)24-11-12-25-27(4,5)26(32)15-16-28(25,6)23(24)13-17-29(22,30)7/h11,19-23,25-26,32H,8-10,12-18H2,1-7H3/t21-,22-,23+,25?,26+,28+,29-,30-/m1/s1. The second kappa shape index (κ2) is 8.24. The lowest BCUT2D eigenvalue weighted by molar-refractivity contribution is -0.141. The summed E-state index contributed by atoms with van der Waals surface area (Å²) in [7, 11) is 0. The molecule has 0 aromatic carbocycles. The Bertz CT molecular complexity index is 750. The second-order valence-electron chi connectivity index (χ2n) is 13.9. The predicted octanol–water partition coefficient (Wildman–Crippen LogP) is 7.59. The van der Waals surface area contributed by atoms with Crippen LogP contribution in [0.15, 0.2) is 11.6 Å². The van der Waals surface area contributed by atoms with E-state index in [9.17, 15) is 9.90 Å². The van der Waals surface area contributed by atoms with Crippen LogP contribution < -0.4 is 0 Å². The fraction of sp³-hybridized carbons (Fsp3) is 0.900. The predicted molar refractivity (Wildman–Crippen MR) is 133 cm³/mol. The Labute approximate surface area is 198 Å². The van der Waals surface area contributed by atoms with Gasteiger partial charge in [0, 0.05) is 0 Å². The zero-order valence-electron chi connectivity index (χ0n) is 22.0. The monoisotopic (exact) mass is 442 g/mol. The van der Waals surface area contributed by atoms with Gasteiger partial charge in [0.1, 0.15) is 6.29 Å². The van der Waals surface area contributed by atoms with Crippen molar-refractivity contribution in [1.29, 1.82) is 0 Å². The van der Waals surface area contributed by atoms with Crippen LogP contribution in [0.25, 0.3) is 0 Å². The van der Waals surface area contributed by atoms with Gasteiger partial charge in [0.05, 0.1) is 11.5 Å². The minimum absolute atomic E-state index is 0.0484. The van der Waals surface area contributed by atoms with E-state index in [2.05, 4.69) is 54.5 Å². The van der Waals surface area contributed by atoms with Gasteiger partial charge in [-0.2, -0.15) is 0 Å². The van der Waals surface area contributed by atoms with Crippen LogP contribution in [-0.4, -0.2) is 17.5 Å². The quantitative estimate of drug-likeness (QED) is 0.340. The molecule has 0 radical (unpaired) electrons. The van der Waals surface area contributed by atoms with E-state index in [1.54, 1.807) is 0 Å². The number of aliphatic hydroxyl groups is 1. The van der Waals surface area contributed by atoms with E-state index in [0.29, 0.717) is 23.7 Å². The molecule has 3 saturated carbocycles. The number of rotatable bonds is 6. The Morgan fingerprint density at radius 3 is 2.41 bits per heavy atom. The van der Waals surface area contributed by atoms with Gasteiger partial charge in [-0.1, -0.05) is 79.4 Å². The third-order valence-electron chi connectivity index (χ3n) is 11.7. The summed E-state index contributed by atoms with van der Waals surface area (Å²) >= 11 is 0. The van der Waals surface area contributed by atoms with Gasteiger partial charge in [0.25, 0.3) is 0 Å². The van der Waals surface area contributed by atoms with Crippen LogP contribution in [0, 0.1) is 51.2 Å². The molecule has 8 atom stereocenters. The molecule has 4 aliphatic rings. The highest BCUT2D eigenvalue weighted by Gasteiger charge is 2.67. The minimum atomic E-state index is -0.249. The molecule has 0 aromatic heterocycles. The normalized spacial score (nSPS) is 46.1. The lowest BCUT2D eigenvalue weighted by Gasteiger charge is -2.63. The maximum atomic E-state index is 13.1. The molecule has 0 aromatic rings. The Kier molecular flexibility index (Phi) is 6.31. The first kappa shape index (κ1) is 24.5. The molecule has 2 nitrogen and oxygen atoms in total. The maximum Gasteiger partial charge on any atom is 0.130 e. The molecule has 0 aliphatic heterocycles. The summed E-state index contributed by atoms with van der Waals surface area (Å²) in [5.74, 6) is 3.17. The number of fused-ring (bicyclic) bond motifs is 5. The Morgan fingerprint density at radius 2 is 1.75 bits per heavy atom. The number of allylic oxidation sites excluding steroid dienone is 2. The molecule has 0 amide bonds. The summed E-state index contributed by atoms with van der Waals surface area (Å²) in [6.07, 6.45) is 15.4. The minimum Gasteiger partial charge on any atom is -0.393 e. The van der Waals surface area contributed by atoms with Crippen LogP contribution >= 0.6 is 0 Å². The second-order valence-corrected chi connectivity index (χ2v) is 13.9. The number of aliphatic hydroxyl groups excluding tert-OH is 1. The highest BCUT2D eigenvalue weighted by Crippen LogP contribution is 2.72. The molecule has 0 spiro atoms. The van der Waals surface area contributed by atoms with Crippen LogP contribution in [0.3, 0.4) is 0 Å². The number of hydrogen-bond acceptors (Lipinski definition) is 2. The number of aldehydes is 1. The maximum absolute atomic E-state index is 13.1. The lowest BCUT2D eigenvalue weighted by atomic mass is 9.41. The van der Waals surface area contributed by atoms with Gasteiger partial charge < -0.3 is 9.90 Å². The van der Waals surface area contributed by atoms with Crippen LogP contribution in [-0.2, 0) is 4.79 Å². The zero-order chi connectivity index (χ0) is 23.5. The largest absolute Gasteiger partial charge is 0.393 e. The summed E-state index contributed by atoms with van der Waals surface area (Å²) in [4.78, 5) is 13.1. The highest BCUT2D eigenvalue weighted by atomic mass is 16.3. The number of carbonyl (C=O) groups is 1. The number of hydrogen-bond donors (Lipinski definition) is 1. The van der Waals surface area contributed by atoms with Gasteiger partial charge in [0.15, 0.2) is 0 Å². The molecule has 1 unspecified atom stereocenters. The van der Waals surface area contributed by atoms with Crippen molar-refractivity contribution < 1.29 is 9.90 Å². The van der Waals surface area contributed by atoms with E-state index in [4.69, 9.17) is 0 Å². The van der Waals surface area contributed by atoms with Crippen LogP contribution in [0.1, 0.15) is 113 Å². The highest BCUT2D eigenvalue weighted by molar-refractivity contribution is 5.69. The van der Waals surface area contributed by atoms with E-state index in [1.807, 2.05) is 0 Å². The van der Waals surface area contributed by atoms with E-state index < -0.39 is 0 Å². The van der Waals surface area contributed by atoms with Crippen molar-refractivity contribution in [1.82, 2.24) is 0 Å². The molecule has 0 saturated heterocycles. The molecule has 2 heteroatoms. The summed E-state index contributed by atoms with van der Waals surface area (Å²) in [6, 6.07) is 0. The van der Waals surface area contributed by atoms with Crippen LogP contribution in [0.2, 0.25) is 0 Å². The lowest BCUT2D eigenvalue weighted by Crippen LogP contribution is -2.58. The van der Waals surface area contributed by atoms with Crippen molar-refractivity contribution in [2.24, 2.45) is 51.2 Å². The number of carbonyl (C=O) groups excluding carboxylic acids is 1. The average Bonchev–Trinajstić information content (AvgIpc) is 3.04. The van der Waals surface area contributed by atoms with Gasteiger partial charge in [0.2, 0.25) is 0 Å². The zero-order valence-corrected chi connectivity index (χ0v) is 22.0. The summed E-state index contributed by atoms with van der Waals surface area (Å²) in [5.41, 5.74) is 1.55. The Hall–Kier alpha value is -0.630.